The monoisotopic (exact) mass is 342 g/mol. The summed E-state index contributed by atoms with van der Waals surface area (Å²) in [6.07, 6.45) is 3.83. The van der Waals surface area contributed by atoms with E-state index in [1.165, 1.54) is 0 Å². The van der Waals surface area contributed by atoms with Crippen molar-refractivity contribution in [3.63, 3.8) is 0 Å². The molecule has 0 aliphatic heterocycles. The van der Waals surface area contributed by atoms with Crippen LogP contribution in [0.4, 0.5) is 5.69 Å². The lowest BCUT2D eigenvalue weighted by atomic mass is 10.1. The Kier molecular flexibility index (Phi) is 4.74. The van der Waals surface area contributed by atoms with Crippen molar-refractivity contribution in [2.24, 2.45) is 0 Å². The second kappa shape index (κ2) is 6.94. The first-order chi connectivity index (χ1) is 11.1. The molecule has 0 aliphatic rings. The molecule has 3 nitrogen and oxygen atoms in total. The summed E-state index contributed by atoms with van der Waals surface area (Å²) in [5.41, 5.74) is 3.91. The molecule has 0 unspecified atom stereocenters. The maximum atomic E-state index is 12.2. The van der Waals surface area contributed by atoms with Crippen LogP contribution in [0.15, 0.2) is 54.2 Å². The highest BCUT2D eigenvalue weighted by Crippen LogP contribution is 2.29. The fraction of sp³-hybridized carbons (Fsp3) is 0.111. The van der Waals surface area contributed by atoms with Crippen LogP contribution in [0.1, 0.15) is 11.1 Å². The van der Waals surface area contributed by atoms with Gasteiger partial charge in [-0.1, -0.05) is 17.7 Å². The van der Waals surface area contributed by atoms with Gasteiger partial charge in [0.05, 0.1) is 12.1 Å². The number of carbonyl (C=O) groups is 1. The number of anilines is 1. The van der Waals surface area contributed by atoms with E-state index in [2.05, 4.69) is 10.3 Å². The molecule has 0 fully saturated rings. The van der Waals surface area contributed by atoms with Crippen molar-refractivity contribution in [1.29, 1.82) is 0 Å². The number of halogens is 1. The minimum Gasteiger partial charge on any atom is -0.325 e. The van der Waals surface area contributed by atoms with E-state index < -0.39 is 0 Å². The molecule has 3 aromatic rings. The Morgan fingerprint density at radius 2 is 2.00 bits per heavy atom. The highest BCUT2D eigenvalue weighted by atomic mass is 35.5. The van der Waals surface area contributed by atoms with E-state index in [4.69, 9.17) is 11.6 Å². The predicted octanol–water partition coefficient (Wildman–Crippen LogP) is 4.95. The van der Waals surface area contributed by atoms with Crippen molar-refractivity contribution in [1.82, 2.24) is 4.98 Å². The number of hydrogen-bond donors (Lipinski definition) is 1. The normalized spacial score (nSPS) is 10.5. The first-order valence-electron chi connectivity index (χ1n) is 7.15. The molecule has 116 valence electrons. The number of thiophene rings is 1. The van der Waals surface area contributed by atoms with Gasteiger partial charge in [0.2, 0.25) is 5.91 Å². The molecule has 1 amide bonds. The standard InChI is InChI=1S/C18H15ClN2OS/c1-12-2-3-15(19)8-14(12)9-18(22)21-16-10-17(23-11-16)13-4-6-20-7-5-13/h2-8,10-11H,9H2,1H3,(H,21,22). The number of nitrogens with one attached hydrogen (secondary N) is 1. The second-order valence-corrected chi connectivity index (χ2v) is 6.58. The van der Waals surface area contributed by atoms with Gasteiger partial charge in [0, 0.05) is 27.7 Å². The minimum absolute atomic E-state index is 0.0468. The van der Waals surface area contributed by atoms with Crippen LogP contribution < -0.4 is 5.32 Å². The zero-order valence-corrected chi connectivity index (χ0v) is 14.1. The summed E-state index contributed by atoms with van der Waals surface area (Å²) >= 11 is 7.59. The van der Waals surface area contributed by atoms with Crippen LogP contribution in [0.3, 0.4) is 0 Å². The van der Waals surface area contributed by atoms with E-state index >= 15 is 0 Å². The maximum Gasteiger partial charge on any atom is 0.228 e. The summed E-state index contributed by atoms with van der Waals surface area (Å²) in [6, 6.07) is 11.5. The van der Waals surface area contributed by atoms with Gasteiger partial charge in [-0.25, -0.2) is 0 Å². The molecule has 0 atom stereocenters. The lowest BCUT2D eigenvalue weighted by molar-refractivity contribution is -0.115. The third kappa shape index (κ3) is 3.97. The van der Waals surface area contributed by atoms with Crippen LogP contribution in [-0.4, -0.2) is 10.9 Å². The molecule has 5 heteroatoms. The number of nitrogens with zero attached hydrogens (tertiary/aromatic N) is 1. The molecule has 2 heterocycles. The second-order valence-electron chi connectivity index (χ2n) is 5.23. The zero-order valence-electron chi connectivity index (χ0n) is 12.5. The van der Waals surface area contributed by atoms with E-state index in [0.29, 0.717) is 11.4 Å². The number of benzene rings is 1. The lowest BCUT2D eigenvalue weighted by Gasteiger charge is -2.06. The highest BCUT2D eigenvalue weighted by Gasteiger charge is 2.09. The molecular formula is C18H15ClN2OS. The van der Waals surface area contributed by atoms with Crippen molar-refractivity contribution >= 4 is 34.5 Å². The Morgan fingerprint density at radius 3 is 2.78 bits per heavy atom. The smallest absolute Gasteiger partial charge is 0.228 e. The Balaban J connectivity index is 1.69. The minimum atomic E-state index is -0.0468. The molecule has 0 saturated heterocycles. The molecular weight excluding hydrogens is 328 g/mol. The molecule has 1 aromatic carbocycles. The number of carbonyl (C=O) groups excluding carboxylic acids is 1. The molecule has 1 N–H and O–H groups in total. The van der Waals surface area contributed by atoms with Crippen molar-refractivity contribution in [2.45, 2.75) is 13.3 Å². The summed E-state index contributed by atoms with van der Waals surface area (Å²) < 4.78 is 0. The predicted molar refractivity (Wildman–Crippen MR) is 96.1 cm³/mol. The van der Waals surface area contributed by atoms with Crippen LogP contribution in [0.25, 0.3) is 10.4 Å². The van der Waals surface area contributed by atoms with Gasteiger partial charge in [0.1, 0.15) is 0 Å². The Labute approximate surface area is 144 Å². The highest BCUT2D eigenvalue weighted by molar-refractivity contribution is 7.14. The SMILES string of the molecule is Cc1ccc(Cl)cc1CC(=O)Nc1csc(-c2ccncc2)c1. The maximum absolute atomic E-state index is 12.2. The fourth-order valence-electron chi connectivity index (χ4n) is 2.28. The molecule has 2 aromatic heterocycles. The van der Waals surface area contributed by atoms with Crippen LogP contribution in [0, 0.1) is 6.92 Å². The number of hydrogen-bond acceptors (Lipinski definition) is 3. The van der Waals surface area contributed by atoms with E-state index in [0.717, 1.165) is 27.3 Å². The van der Waals surface area contributed by atoms with Gasteiger partial charge in [-0.2, -0.15) is 0 Å². The van der Waals surface area contributed by atoms with Gasteiger partial charge < -0.3 is 5.32 Å². The molecule has 0 radical (unpaired) electrons. The summed E-state index contributed by atoms with van der Waals surface area (Å²) in [5, 5.41) is 5.53. The van der Waals surface area contributed by atoms with Crippen LogP contribution >= 0.6 is 22.9 Å². The molecule has 23 heavy (non-hydrogen) atoms. The summed E-state index contributed by atoms with van der Waals surface area (Å²) in [7, 11) is 0. The van der Waals surface area contributed by atoms with Gasteiger partial charge in [-0.3, -0.25) is 9.78 Å². The zero-order chi connectivity index (χ0) is 16.2. The van der Waals surface area contributed by atoms with Crippen LogP contribution in [0.2, 0.25) is 5.02 Å². The molecule has 0 saturated carbocycles. The van der Waals surface area contributed by atoms with Crippen molar-refractivity contribution in [2.75, 3.05) is 5.32 Å². The number of amides is 1. The number of pyridine rings is 1. The van der Waals surface area contributed by atoms with E-state index in [1.54, 1.807) is 23.7 Å². The van der Waals surface area contributed by atoms with E-state index in [-0.39, 0.29) is 5.91 Å². The summed E-state index contributed by atoms with van der Waals surface area (Å²) in [6.45, 7) is 1.98. The molecule has 0 aliphatic carbocycles. The molecule has 3 rings (SSSR count). The number of rotatable bonds is 4. The van der Waals surface area contributed by atoms with Gasteiger partial charge in [-0.05, 0) is 53.9 Å². The lowest BCUT2D eigenvalue weighted by Crippen LogP contribution is -2.14. The topological polar surface area (TPSA) is 42.0 Å². The van der Waals surface area contributed by atoms with Crippen LogP contribution in [-0.2, 0) is 11.2 Å². The van der Waals surface area contributed by atoms with Crippen molar-refractivity contribution in [3.8, 4) is 10.4 Å². The Bertz CT molecular complexity index is 830. The summed E-state index contributed by atoms with van der Waals surface area (Å²) in [5.74, 6) is -0.0468. The Hall–Kier alpha value is -2.17. The largest absolute Gasteiger partial charge is 0.325 e. The van der Waals surface area contributed by atoms with Gasteiger partial charge in [-0.15, -0.1) is 11.3 Å². The van der Waals surface area contributed by atoms with Gasteiger partial charge in [0.25, 0.3) is 0 Å². The third-order valence-corrected chi connectivity index (χ3v) is 4.72. The first-order valence-corrected chi connectivity index (χ1v) is 8.41. The van der Waals surface area contributed by atoms with E-state index in [9.17, 15) is 4.79 Å². The van der Waals surface area contributed by atoms with Gasteiger partial charge in [0.15, 0.2) is 0 Å². The van der Waals surface area contributed by atoms with Crippen molar-refractivity contribution < 1.29 is 4.79 Å². The Morgan fingerprint density at radius 1 is 1.22 bits per heavy atom. The number of aryl methyl sites for hydroxylation is 1. The fourth-order valence-corrected chi connectivity index (χ4v) is 3.32. The molecule has 0 spiro atoms. The van der Waals surface area contributed by atoms with Crippen molar-refractivity contribution in [3.05, 3.63) is 70.3 Å². The molecule has 0 bridgehead atoms. The average molecular weight is 343 g/mol. The first kappa shape index (κ1) is 15.7. The van der Waals surface area contributed by atoms with Gasteiger partial charge >= 0.3 is 0 Å². The third-order valence-electron chi connectivity index (χ3n) is 3.51. The quantitative estimate of drug-likeness (QED) is 0.728. The average Bonchev–Trinajstić information content (AvgIpc) is 3.00. The number of aromatic nitrogens is 1. The van der Waals surface area contributed by atoms with E-state index in [1.807, 2.05) is 48.7 Å². The van der Waals surface area contributed by atoms with Crippen LogP contribution in [0.5, 0.6) is 0 Å². The summed E-state index contributed by atoms with van der Waals surface area (Å²) in [4.78, 5) is 17.3.